The van der Waals surface area contributed by atoms with Gasteiger partial charge in [-0.3, -0.25) is 0 Å². The molecule has 3 rings (SSSR count). The molecule has 138 valence electrons. The molecule has 1 heterocycles. The minimum absolute atomic E-state index is 0.267. The highest BCUT2D eigenvalue weighted by Gasteiger charge is 2.43. The Labute approximate surface area is 155 Å². The van der Waals surface area contributed by atoms with Crippen molar-refractivity contribution in [3.8, 4) is 0 Å². The van der Waals surface area contributed by atoms with Crippen molar-refractivity contribution < 1.29 is 19.1 Å². The molecule has 1 aliphatic rings. The predicted molar refractivity (Wildman–Crippen MR) is 101 cm³/mol. The van der Waals surface area contributed by atoms with Crippen LogP contribution in [0.15, 0.2) is 60.7 Å². The molecule has 2 aromatic rings. The molecular weight excluding hydrogens is 326 g/mol. The molecule has 0 radical (unpaired) electrons. The SMILES string of the molecule is C[N+]1(C)CCCCC1COC(=O)C(O)(c1ccccc1)c1ccccc1. The van der Waals surface area contributed by atoms with E-state index >= 15 is 0 Å². The maximum absolute atomic E-state index is 13.0. The molecule has 1 aliphatic heterocycles. The summed E-state index contributed by atoms with van der Waals surface area (Å²) < 4.78 is 6.54. The van der Waals surface area contributed by atoms with Crippen molar-refractivity contribution in [3.05, 3.63) is 71.8 Å². The van der Waals surface area contributed by atoms with E-state index < -0.39 is 11.6 Å². The van der Waals surface area contributed by atoms with E-state index in [1.54, 1.807) is 24.3 Å². The number of ether oxygens (including phenoxy) is 1. The van der Waals surface area contributed by atoms with Crippen LogP contribution in [-0.2, 0) is 15.1 Å². The molecule has 1 N–H and O–H groups in total. The summed E-state index contributed by atoms with van der Waals surface area (Å²) in [6.07, 6.45) is 3.40. The number of carbonyl (C=O) groups is 1. The first kappa shape index (κ1) is 18.6. The second kappa shape index (κ2) is 7.60. The van der Waals surface area contributed by atoms with Crippen LogP contribution in [0.1, 0.15) is 30.4 Å². The van der Waals surface area contributed by atoms with Crippen molar-refractivity contribution in [2.75, 3.05) is 27.2 Å². The molecule has 2 aromatic carbocycles. The summed E-state index contributed by atoms with van der Waals surface area (Å²) in [7, 11) is 4.36. The summed E-state index contributed by atoms with van der Waals surface area (Å²) in [5, 5.41) is 11.4. The number of benzene rings is 2. The van der Waals surface area contributed by atoms with E-state index in [4.69, 9.17) is 4.74 Å². The van der Waals surface area contributed by atoms with Crippen LogP contribution in [-0.4, -0.2) is 48.8 Å². The van der Waals surface area contributed by atoms with Gasteiger partial charge in [-0.25, -0.2) is 4.79 Å². The van der Waals surface area contributed by atoms with Gasteiger partial charge in [-0.1, -0.05) is 60.7 Å². The number of quaternary nitrogens is 1. The number of likely N-dealkylation sites (tertiary alicyclic amines) is 1. The lowest BCUT2D eigenvalue weighted by Gasteiger charge is -2.41. The zero-order valence-corrected chi connectivity index (χ0v) is 15.6. The van der Waals surface area contributed by atoms with Crippen molar-refractivity contribution in [2.24, 2.45) is 0 Å². The third-order valence-electron chi connectivity index (χ3n) is 5.60. The Morgan fingerprint density at radius 1 is 1.04 bits per heavy atom. The molecule has 0 amide bonds. The van der Waals surface area contributed by atoms with Crippen molar-refractivity contribution >= 4 is 5.97 Å². The number of hydrogen-bond acceptors (Lipinski definition) is 3. The van der Waals surface area contributed by atoms with Gasteiger partial charge in [0.25, 0.3) is 0 Å². The van der Waals surface area contributed by atoms with Crippen LogP contribution in [0.4, 0.5) is 0 Å². The number of likely N-dealkylation sites (N-methyl/N-ethyl adjacent to an activating group) is 1. The van der Waals surface area contributed by atoms with Gasteiger partial charge in [0, 0.05) is 6.42 Å². The number of esters is 1. The summed E-state index contributed by atoms with van der Waals surface area (Å²) in [6.45, 7) is 1.41. The zero-order chi connectivity index (χ0) is 18.6. The van der Waals surface area contributed by atoms with Gasteiger partial charge >= 0.3 is 5.97 Å². The Morgan fingerprint density at radius 3 is 2.08 bits per heavy atom. The van der Waals surface area contributed by atoms with Crippen molar-refractivity contribution in [2.45, 2.75) is 30.9 Å². The van der Waals surface area contributed by atoms with Gasteiger partial charge < -0.3 is 14.3 Å². The number of carbonyl (C=O) groups excluding carboxylic acids is 1. The van der Waals surface area contributed by atoms with Gasteiger partial charge in [0.2, 0.25) is 5.60 Å². The molecule has 1 atom stereocenters. The van der Waals surface area contributed by atoms with Gasteiger partial charge in [-0.15, -0.1) is 0 Å². The summed E-state index contributed by atoms with van der Waals surface area (Å²) in [5.74, 6) is -0.611. The van der Waals surface area contributed by atoms with Crippen molar-refractivity contribution in [3.63, 3.8) is 0 Å². The Bertz CT molecular complexity index is 688. The van der Waals surface area contributed by atoms with Crippen LogP contribution in [0, 0.1) is 0 Å². The van der Waals surface area contributed by atoms with Gasteiger partial charge in [-0.05, 0) is 24.0 Å². The number of hydrogen-bond donors (Lipinski definition) is 1. The minimum atomic E-state index is -1.80. The molecule has 1 saturated heterocycles. The second-order valence-corrected chi connectivity index (χ2v) is 7.69. The molecular formula is C22H28NO3+. The van der Waals surface area contributed by atoms with E-state index in [-0.39, 0.29) is 6.04 Å². The van der Waals surface area contributed by atoms with Crippen molar-refractivity contribution in [1.82, 2.24) is 0 Å². The van der Waals surface area contributed by atoms with Crippen molar-refractivity contribution in [1.29, 1.82) is 0 Å². The highest BCUT2D eigenvalue weighted by Crippen LogP contribution is 2.31. The Morgan fingerprint density at radius 2 is 1.58 bits per heavy atom. The lowest BCUT2D eigenvalue weighted by molar-refractivity contribution is -0.920. The number of nitrogens with zero attached hydrogens (tertiary/aromatic N) is 1. The van der Waals surface area contributed by atoms with Crippen LogP contribution in [0.25, 0.3) is 0 Å². The van der Waals surface area contributed by atoms with Gasteiger partial charge in [0.15, 0.2) is 0 Å². The number of aliphatic hydroxyl groups is 1. The molecule has 0 saturated carbocycles. The third kappa shape index (κ3) is 3.67. The Kier molecular flexibility index (Phi) is 5.44. The highest BCUT2D eigenvalue weighted by atomic mass is 16.6. The molecule has 1 fully saturated rings. The fourth-order valence-corrected chi connectivity index (χ4v) is 3.75. The average molecular weight is 354 g/mol. The molecule has 4 heteroatoms. The molecule has 26 heavy (non-hydrogen) atoms. The molecule has 0 aromatic heterocycles. The summed E-state index contributed by atoms with van der Waals surface area (Å²) in [5.41, 5.74) is -0.754. The first-order valence-corrected chi connectivity index (χ1v) is 9.28. The molecule has 0 bridgehead atoms. The maximum Gasteiger partial charge on any atom is 0.347 e. The van der Waals surface area contributed by atoms with Gasteiger partial charge in [-0.2, -0.15) is 0 Å². The van der Waals surface area contributed by atoms with Crippen LogP contribution in [0.3, 0.4) is 0 Å². The quantitative estimate of drug-likeness (QED) is 0.663. The lowest BCUT2D eigenvalue weighted by atomic mass is 9.86. The fraction of sp³-hybridized carbons (Fsp3) is 0.409. The smallest absolute Gasteiger partial charge is 0.347 e. The first-order chi connectivity index (χ1) is 12.4. The highest BCUT2D eigenvalue weighted by molar-refractivity contribution is 5.85. The fourth-order valence-electron chi connectivity index (χ4n) is 3.75. The standard InChI is InChI=1S/C22H28NO3/c1-23(2)16-10-9-15-20(23)17-26-21(24)22(25,18-11-5-3-6-12-18)19-13-7-4-8-14-19/h3-8,11-14,20,25H,9-10,15-17H2,1-2H3/q+1. The summed E-state index contributed by atoms with van der Waals surface area (Å²) in [6, 6.07) is 18.3. The van der Waals surface area contributed by atoms with E-state index in [2.05, 4.69) is 14.1 Å². The second-order valence-electron chi connectivity index (χ2n) is 7.69. The Hall–Kier alpha value is -2.17. The van der Waals surface area contributed by atoms with E-state index in [9.17, 15) is 9.90 Å². The molecule has 0 spiro atoms. The first-order valence-electron chi connectivity index (χ1n) is 9.28. The van der Waals surface area contributed by atoms with Crippen LogP contribution in [0.2, 0.25) is 0 Å². The van der Waals surface area contributed by atoms with Gasteiger partial charge in [0.05, 0.1) is 20.6 Å². The summed E-state index contributed by atoms with van der Waals surface area (Å²) in [4.78, 5) is 13.0. The normalized spacial score (nSPS) is 19.7. The number of piperidine rings is 1. The predicted octanol–water partition coefficient (Wildman–Crippen LogP) is 3.09. The third-order valence-corrected chi connectivity index (χ3v) is 5.60. The molecule has 4 nitrogen and oxygen atoms in total. The van der Waals surface area contributed by atoms with Crippen LogP contribution in [0.5, 0.6) is 0 Å². The van der Waals surface area contributed by atoms with E-state index in [1.807, 2.05) is 36.4 Å². The van der Waals surface area contributed by atoms with Crippen LogP contribution < -0.4 is 0 Å². The summed E-state index contributed by atoms with van der Waals surface area (Å²) >= 11 is 0. The largest absolute Gasteiger partial charge is 0.457 e. The molecule has 0 aliphatic carbocycles. The van der Waals surface area contributed by atoms with Crippen LogP contribution >= 0.6 is 0 Å². The number of rotatable bonds is 5. The monoisotopic (exact) mass is 354 g/mol. The van der Waals surface area contributed by atoms with E-state index in [0.29, 0.717) is 17.7 Å². The average Bonchev–Trinajstić information content (AvgIpc) is 2.67. The zero-order valence-electron chi connectivity index (χ0n) is 15.6. The topological polar surface area (TPSA) is 46.5 Å². The van der Waals surface area contributed by atoms with E-state index in [1.165, 1.54) is 6.42 Å². The van der Waals surface area contributed by atoms with Gasteiger partial charge in [0.1, 0.15) is 12.6 Å². The molecule has 1 unspecified atom stereocenters. The minimum Gasteiger partial charge on any atom is -0.457 e. The lowest BCUT2D eigenvalue weighted by Crippen LogP contribution is -2.54. The van der Waals surface area contributed by atoms with E-state index in [0.717, 1.165) is 23.9 Å². The maximum atomic E-state index is 13.0. The Balaban J connectivity index is 1.84.